The Labute approximate surface area is 99.6 Å². The van der Waals surface area contributed by atoms with E-state index in [1.54, 1.807) is 0 Å². The lowest BCUT2D eigenvalue weighted by atomic mass is 10.0. The fourth-order valence-corrected chi connectivity index (χ4v) is 1.26. The molecule has 0 aliphatic carbocycles. The standard InChI is InChI=1S/C12H27N3O/c1-6-7-10(13)8-11(16)14-9-12(2,3)15(4)5/h10H,6-9,13H2,1-5H3,(H,14,16). The van der Waals surface area contributed by atoms with Crippen LogP contribution in [0.3, 0.4) is 0 Å². The summed E-state index contributed by atoms with van der Waals surface area (Å²) in [6.45, 7) is 6.92. The van der Waals surface area contributed by atoms with E-state index in [-0.39, 0.29) is 17.5 Å². The van der Waals surface area contributed by atoms with Crippen LogP contribution in [0.4, 0.5) is 0 Å². The van der Waals surface area contributed by atoms with E-state index in [0.29, 0.717) is 13.0 Å². The van der Waals surface area contributed by atoms with Crippen molar-refractivity contribution < 1.29 is 4.79 Å². The van der Waals surface area contributed by atoms with Crippen LogP contribution in [0.1, 0.15) is 40.0 Å². The van der Waals surface area contributed by atoms with Gasteiger partial charge in [-0.15, -0.1) is 0 Å². The van der Waals surface area contributed by atoms with E-state index in [1.807, 2.05) is 14.1 Å². The van der Waals surface area contributed by atoms with Crippen molar-refractivity contribution in [1.82, 2.24) is 10.2 Å². The number of nitrogens with zero attached hydrogens (tertiary/aromatic N) is 1. The van der Waals surface area contributed by atoms with Gasteiger partial charge < -0.3 is 16.0 Å². The number of carbonyl (C=O) groups is 1. The number of hydrogen-bond donors (Lipinski definition) is 2. The molecule has 0 aromatic heterocycles. The van der Waals surface area contributed by atoms with E-state index in [2.05, 4.69) is 31.0 Å². The maximum absolute atomic E-state index is 11.6. The molecule has 1 amide bonds. The number of nitrogens with two attached hydrogens (primary N) is 1. The number of nitrogens with one attached hydrogen (secondary N) is 1. The van der Waals surface area contributed by atoms with Crippen LogP contribution < -0.4 is 11.1 Å². The maximum Gasteiger partial charge on any atom is 0.221 e. The van der Waals surface area contributed by atoms with Crippen LogP contribution in [-0.4, -0.2) is 43.0 Å². The molecule has 0 fully saturated rings. The molecule has 0 rings (SSSR count). The topological polar surface area (TPSA) is 58.4 Å². The van der Waals surface area contributed by atoms with Gasteiger partial charge in [-0.2, -0.15) is 0 Å². The molecular weight excluding hydrogens is 202 g/mol. The summed E-state index contributed by atoms with van der Waals surface area (Å²) in [6.07, 6.45) is 2.36. The number of rotatable bonds is 7. The molecule has 96 valence electrons. The van der Waals surface area contributed by atoms with Gasteiger partial charge in [0, 0.05) is 24.5 Å². The predicted octanol–water partition coefficient (Wildman–Crippen LogP) is 0.960. The third kappa shape index (κ3) is 6.08. The lowest BCUT2D eigenvalue weighted by Gasteiger charge is -2.32. The summed E-state index contributed by atoms with van der Waals surface area (Å²) in [6, 6.07) is -0.00697. The fourth-order valence-electron chi connectivity index (χ4n) is 1.26. The van der Waals surface area contributed by atoms with E-state index >= 15 is 0 Å². The Kier molecular flexibility index (Phi) is 6.60. The van der Waals surface area contributed by atoms with Crippen molar-refractivity contribution in [1.29, 1.82) is 0 Å². The first-order valence-corrected chi connectivity index (χ1v) is 5.99. The molecule has 1 atom stereocenters. The first-order valence-electron chi connectivity index (χ1n) is 5.99. The van der Waals surface area contributed by atoms with Crippen LogP contribution in [0.15, 0.2) is 0 Å². The van der Waals surface area contributed by atoms with Crippen LogP contribution in [0.5, 0.6) is 0 Å². The summed E-state index contributed by atoms with van der Waals surface area (Å²) < 4.78 is 0. The highest BCUT2D eigenvalue weighted by Gasteiger charge is 2.21. The molecule has 0 aromatic rings. The van der Waals surface area contributed by atoms with Gasteiger partial charge in [0.05, 0.1) is 0 Å². The lowest BCUT2D eigenvalue weighted by molar-refractivity contribution is -0.121. The third-order valence-electron chi connectivity index (χ3n) is 3.04. The van der Waals surface area contributed by atoms with Crippen molar-refractivity contribution in [2.45, 2.75) is 51.6 Å². The number of carbonyl (C=O) groups excluding carboxylic acids is 1. The Morgan fingerprint density at radius 1 is 1.44 bits per heavy atom. The molecule has 0 saturated heterocycles. The van der Waals surface area contributed by atoms with Gasteiger partial charge in [0.15, 0.2) is 0 Å². The number of amides is 1. The smallest absolute Gasteiger partial charge is 0.221 e. The predicted molar refractivity (Wildman–Crippen MR) is 68.3 cm³/mol. The van der Waals surface area contributed by atoms with Crippen molar-refractivity contribution in [2.24, 2.45) is 5.73 Å². The summed E-state index contributed by atoms with van der Waals surface area (Å²) >= 11 is 0. The maximum atomic E-state index is 11.6. The second-order valence-electron chi connectivity index (χ2n) is 5.24. The van der Waals surface area contributed by atoms with Crippen LogP contribution >= 0.6 is 0 Å². The normalized spacial score (nSPS) is 13.9. The van der Waals surface area contributed by atoms with Crippen LogP contribution in [-0.2, 0) is 4.79 Å². The zero-order chi connectivity index (χ0) is 12.8. The van der Waals surface area contributed by atoms with E-state index in [1.165, 1.54) is 0 Å². The Bertz CT molecular complexity index is 214. The zero-order valence-corrected chi connectivity index (χ0v) is 11.3. The highest BCUT2D eigenvalue weighted by Crippen LogP contribution is 2.08. The van der Waals surface area contributed by atoms with Gasteiger partial charge in [0.25, 0.3) is 0 Å². The number of hydrogen-bond acceptors (Lipinski definition) is 3. The molecule has 0 bridgehead atoms. The highest BCUT2D eigenvalue weighted by molar-refractivity contribution is 5.76. The summed E-state index contributed by atoms with van der Waals surface area (Å²) in [5, 5.41) is 2.93. The van der Waals surface area contributed by atoms with Crippen molar-refractivity contribution in [3.05, 3.63) is 0 Å². The molecule has 0 saturated carbocycles. The Balaban J connectivity index is 3.90. The molecule has 16 heavy (non-hydrogen) atoms. The van der Waals surface area contributed by atoms with E-state index in [4.69, 9.17) is 5.73 Å². The number of likely N-dealkylation sites (N-methyl/N-ethyl adjacent to an activating group) is 1. The summed E-state index contributed by atoms with van der Waals surface area (Å²) in [5.41, 5.74) is 5.79. The van der Waals surface area contributed by atoms with E-state index in [0.717, 1.165) is 12.8 Å². The molecule has 3 N–H and O–H groups in total. The molecule has 4 heteroatoms. The minimum absolute atomic E-state index is 0.00697. The average Bonchev–Trinajstić information content (AvgIpc) is 2.15. The molecule has 0 aliphatic heterocycles. The van der Waals surface area contributed by atoms with Gasteiger partial charge in [-0.05, 0) is 34.4 Å². The highest BCUT2D eigenvalue weighted by atomic mass is 16.1. The van der Waals surface area contributed by atoms with Crippen molar-refractivity contribution >= 4 is 5.91 Å². The second kappa shape index (κ2) is 6.86. The molecule has 0 radical (unpaired) electrons. The van der Waals surface area contributed by atoms with E-state index < -0.39 is 0 Å². The van der Waals surface area contributed by atoms with Gasteiger partial charge in [-0.1, -0.05) is 13.3 Å². The summed E-state index contributed by atoms with van der Waals surface area (Å²) in [5.74, 6) is 0.0517. The van der Waals surface area contributed by atoms with Crippen LogP contribution in [0.2, 0.25) is 0 Å². The average molecular weight is 229 g/mol. The Hall–Kier alpha value is -0.610. The van der Waals surface area contributed by atoms with Crippen LogP contribution in [0, 0.1) is 0 Å². The van der Waals surface area contributed by atoms with Gasteiger partial charge in [-0.3, -0.25) is 4.79 Å². The fraction of sp³-hybridized carbons (Fsp3) is 0.917. The van der Waals surface area contributed by atoms with Crippen LogP contribution in [0.25, 0.3) is 0 Å². The molecule has 1 unspecified atom stereocenters. The summed E-state index contributed by atoms with van der Waals surface area (Å²) in [7, 11) is 4.02. The Morgan fingerprint density at radius 2 is 2.00 bits per heavy atom. The van der Waals surface area contributed by atoms with E-state index in [9.17, 15) is 4.79 Å². The largest absolute Gasteiger partial charge is 0.354 e. The van der Waals surface area contributed by atoms with Crippen molar-refractivity contribution in [3.63, 3.8) is 0 Å². The van der Waals surface area contributed by atoms with Gasteiger partial charge >= 0.3 is 0 Å². The molecule has 0 heterocycles. The first-order chi connectivity index (χ1) is 7.29. The molecule has 0 aliphatic rings. The SMILES string of the molecule is CCCC(N)CC(=O)NCC(C)(C)N(C)C. The molecule has 0 spiro atoms. The lowest BCUT2D eigenvalue weighted by Crippen LogP contribution is -2.48. The molecule has 0 aromatic carbocycles. The minimum Gasteiger partial charge on any atom is -0.354 e. The quantitative estimate of drug-likeness (QED) is 0.683. The van der Waals surface area contributed by atoms with Gasteiger partial charge in [-0.25, -0.2) is 0 Å². The molecule has 4 nitrogen and oxygen atoms in total. The Morgan fingerprint density at radius 3 is 2.44 bits per heavy atom. The van der Waals surface area contributed by atoms with Gasteiger partial charge in [0.1, 0.15) is 0 Å². The monoisotopic (exact) mass is 229 g/mol. The third-order valence-corrected chi connectivity index (χ3v) is 3.04. The zero-order valence-electron chi connectivity index (χ0n) is 11.3. The van der Waals surface area contributed by atoms with Crippen molar-refractivity contribution in [3.8, 4) is 0 Å². The van der Waals surface area contributed by atoms with Crippen molar-refractivity contribution in [2.75, 3.05) is 20.6 Å². The minimum atomic E-state index is -0.0233. The summed E-state index contributed by atoms with van der Waals surface area (Å²) in [4.78, 5) is 13.7. The van der Waals surface area contributed by atoms with Gasteiger partial charge in [0.2, 0.25) is 5.91 Å². The molecular formula is C12H27N3O. The second-order valence-corrected chi connectivity index (χ2v) is 5.24. The first kappa shape index (κ1) is 15.4.